The minimum absolute atomic E-state index is 0.0278. The Bertz CT molecular complexity index is 621. The highest BCUT2D eigenvalue weighted by molar-refractivity contribution is 6.32. The molecule has 5 nitrogen and oxygen atoms in total. The first-order chi connectivity index (χ1) is 9.06. The Balaban J connectivity index is 2.64. The number of ether oxygens (including phenoxy) is 1. The number of aromatic nitrogens is 1. The van der Waals surface area contributed by atoms with Gasteiger partial charge in [-0.15, -0.1) is 0 Å². The van der Waals surface area contributed by atoms with Crippen LogP contribution in [0.5, 0.6) is 5.75 Å². The van der Waals surface area contributed by atoms with Crippen LogP contribution in [0.4, 0.5) is 0 Å². The van der Waals surface area contributed by atoms with Gasteiger partial charge in [-0.3, -0.25) is 4.79 Å². The van der Waals surface area contributed by atoms with Crippen molar-refractivity contribution in [1.82, 2.24) is 4.57 Å². The van der Waals surface area contributed by atoms with Gasteiger partial charge < -0.3 is 19.5 Å². The number of aliphatic hydroxyl groups excluding tert-OH is 1. The van der Waals surface area contributed by atoms with Gasteiger partial charge in [-0.25, -0.2) is 0 Å². The van der Waals surface area contributed by atoms with Crippen LogP contribution >= 0.6 is 11.6 Å². The Kier molecular flexibility index (Phi) is 3.97. The molecule has 0 aliphatic heterocycles. The van der Waals surface area contributed by atoms with E-state index in [9.17, 15) is 4.79 Å². The standard InChI is InChI=1S/C13H14ClNO4/c1-19-12-5-9-8(4-13(17)18)7-15(2-3-16)11(9)6-10(12)14/h5-7,16H,2-4H2,1H3,(H,17,18). The van der Waals surface area contributed by atoms with Crippen LogP contribution in [0, 0.1) is 0 Å². The molecule has 19 heavy (non-hydrogen) atoms. The lowest BCUT2D eigenvalue weighted by Gasteiger charge is -2.06. The average molecular weight is 284 g/mol. The van der Waals surface area contributed by atoms with Gasteiger partial charge in [0.1, 0.15) is 5.75 Å². The molecule has 0 saturated heterocycles. The highest BCUT2D eigenvalue weighted by Crippen LogP contribution is 2.33. The zero-order valence-electron chi connectivity index (χ0n) is 10.4. The van der Waals surface area contributed by atoms with Gasteiger partial charge in [-0.1, -0.05) is 11.6 Å². The summed E-state index contributed by atoms with van der Waals surface area (Å²) in [5.41, 5.74) is 1.46. The summed E-state index contributed by atoms with van der Waals surface area (Å²) in [5, 5.41) is 19.2. The Morgan fingerprint density at radius 2 is 2.21 bits per heavy atom. The van der Waals surface area contributed by atoms with Crippen molar-refractivity contribution in [1.29, 1.82) is 0 Å². The molecule has 2 rings (SSSR count). The van der Waals surface area contributed by atoms with Crippen LogP contribution in [0.1, 0.15) is 5.56 Å². The number of carboxylic acids is 1. The minimum atomic E-state index is -0.906. The molecule has 1 aromatic carbocycles. The van der Waals surface area contributed by atoms with Crippen LogP contribution in [-0.4, -0.2) is 34.5 Å². The molecule has 0 amide bonds. The number of hydrogen-bond donors (Lipinski definition) is 2. The lowest BCUT2D eigenvalue weighted by molar-refractivity contribution is -0.136. The maximum Gasteiger partial charge on any atom is 0.307 e. The predicted octanol–water partition coefficient (Wildman–Crippen LogP) is 1.92. The van der Waals surface area contributed by atoms with Crippen LogP contribution in [0.2, 0.25) is 5.02 Å². The van der Waals surface area contributed by atoms with Gasteiger partial charge in [-0.2, -0.15) is 0 Å². The molecule has 0 radical (unpaired) electrons. The molecule has 0 fully saturated rings. The Morgan fingerprint density at radius 1 is 1.47 bits per heavy atom. The fourth-order valence-electron chi connectivity index (χ4n) is 2.12. The lowest BCUT2D eigenvalue weighted by atomic mass is 10.1. The molecule has 0 aliphatic carbocycles. The monoisotopic (exact) mass is 283 g/mol. The van der Waals surface area contributed by atoms with Crippen molar-refractivity contribution in [2.24, 2.45) is 0 Å². The summed E-state index contributed by atoms with van der Waals surface area (Å²) < 4.78 is 6.93. The molecule has 0 atom stereocenters. The number of aliphatic hydroxyl groups is 1. The molecule has 6 heteroatoms. The van der Waals surface area contributed by atoms with Crippen LogP contribution in [-0.2, 0) is 17.8 Å². The quantitative estimate of drug-likeness (QED) is 0.879. The smallest absolute Gasteiger partial charge is 0.307 e. The Hall–Kier alpha value is -1.72. The Labute approximate surface area is 115 Å². The molecule has 0 spiro atoms. The molecule has 0 saturated carbocycles. The van der Waals surface area contributed by atoms with E-state index in [1.807, 2.05) is 0 Å². The van der Waals surface area contributed by atoms with E-state index in [0.717, 1.165) is 10.9 Å². The van der Waals surface area contributed by atoms with E-state index in [4.69, 9.17) is 26.6 Å². The van der Waals surface area contributed by atoms with Gasteiger partial charge in [0.15, 0.2) is 0 Å². The van der Waals surface area contributed by atoms with Crippen molar-refractivity contribution >= 4 is 28.5 Å². The largest absolute Gasteiger partial charge is 0.495 e. The first kappa shape index (κ1) is 13.7. The lowest BCUT2D eigenvalue weighted by Crippen LogP contribution is -2.01. The first-order valence-corrected chi connectivity index (χ1v) is 6.12. The van der Waals surface area contributed by atoms with Crippen LogP contribution in [0.25, 0.3) is 10.9 Å². The topological polar surface area (TPSA) is 71.7 Å². The number of nitrogens with zero attached hydrogens (tertiary/aromatic N) is 1. The second-order valence-electron chi connectivity index (χ2n) is 4.15. The van der Waals surface area contributed by atoms with Crippen molar-refractivity contribution in [3.8, 4) is 5.75 Å². The number of rotatable bonds is 5. The zero-order valence-corrected chi connectivity index (χ0v) is 11.1. The number of hydrogen-bond acceptors (Lipinski definition) is 3. The number of carboxylic acid groups (broad SMARTS) is 1. The molecular formula is C13H14ClNO4. The Morgan fingerprint density at radius 3 is 2.79 bits per heavy atom. The van der Waals surface area contributed by atoms with Crippen molar-refractivity contribution in [3.63, 3.8) is 0 Å². The van der Waals surface area contributed by atoms with Gasteiger partial charge in [0.25, 0.3) is 0 Å². The van der Waals surface area contributed by atoms with E-state index in [0.29, 0.717) is 22.9 Å². The molecular weight excluding hydrogens is 270 g/mol. The first-order valence-electron chi connectivity index (χ1n) is 5.74. The van der Waals surface area contributed by atoms with E-state index in [1.54, 1.807) is 22.9 Å². The van der Waals surface area contributed by atoms with Crippen molar-refractivity contribution in [2.45, 2.75) is 13.0 Å². The van der Waals surface area contributed by atoms with Crippen molar-refractivity contribution in [3.05, 3.63) is 28.9 Å². The summed E-state index contributed by atoms with van der Waals surface area (Å²) in [7, 11) is 1.51. The summed E-state index contributed by atoms with van der Waals surface area (Å²) in [6, 6.07) is 3.44. The predicted molar refractivity (Wildman–Crippen MR) is 71.9 cm³/mol. The van der Waals surface area contributed by atoms with Gasteiger partial charge >= 0.3 is 5.97 Å². The fraction of sp³-hybridized carbons (Fsp3) is 0.308. The third-order valence-electron chi connectivity index (χ3n) is 2.92. The molecule has 2 aromatic rings. The van der Waals surface area contributed by atoms with Gasteiger partial charge in [0, 0.05) is 18.1 Å². The molecule has 2 N–H and O–H groups in total. The summed E-state index contributed by atoms with van der Waals surface area (Å²) in [6.07, 6.45) is 1.64. The number of halogens is 1. The van der Waals surface area contributed by atoms with E-state index in [2.05, 4.69) is 0 Å². The summed E-state index contributed by atoms with van der Waals surface area (Å²) in [5.74, 6) is -0.403. The third kappa shape index (κ3) is 2.67. The molecule has 0 bridgehead atoms. The average Bonchev–Trinajstić information content (AvgIpc) is 2.66. The number of fused-ring (bicyclic) bond motifs is 1. The van der Waals surface area contributed by atoms with Crippen LogP contribution in [0.3, 0.4) is 0 Å². The molecule has 1 heterocycles. The van der Waals surface area contributed by atoms with E-state index in [1.165, 1.54) is 7.11 Å². The highest BCUT2D eigenvalue weighted by Gasteiger charge is 2.14. The van der Waals surface area contributed by atoms with E-state index >= 15 is 0 Å². The number of benzene rings is 1. The minimum Gasteiger partial charge on any atom is -0.495 e. The molecule has 0 unspecified atom stereocenters. The highest BCUT2D eigenvalue weighted by atomic mass is 35.5. The summed E-state index contributed by atoms with van der Waals surface area (Å²) in [4.78, 5) is 10.9. The normalized spacial score (nSPS) is 10.9. The van der Waals surface area contributed by atoms with Crippen molar-refractivity contribution in [2.75, 3.05) is 13.7 Å². The molecule has 102 valence electrons. The third-order valence-corrected chi connectivity index (χ3v) is 3.22. The second kappa shape index (κ2) is 5.50. The summed E-state index contributed by atoms with van der Waals surface area (Å²) in [6.45, 7) is 0.360. The van der Waals surface area contributed by atoms with Crippen LogP contribution in [0.15, 0.2) is 18.3 Å². The van der Waals surface area contributed by atoms with Crippen molar-refractivity contribution < 1.29 is 19.7 Å². The maximum atomic E-state index is 10.9. The van der Waals surface area contributed by atoms with E-state index in [-0.39, 0.29) is 13.0 Å². The number of aliphatic carboxylic acids is 1. The van der Waals surface area contributed by atoms with Crippen LogP contribution < -0.4 is 4.74 Å². The second-order valence-corrected chi connectivity index (χ2v) is 4.55. The van der Waals surface area contributed by atoms with Gasteiger partial charge in [0.05, 0.1) is 30.7 Å². The van der Waals surface area contributed by atoms with E-state index < -0.39 is 5.97 Å². The fourth-order valence-corrected chi connectivity index (χ4v) is 2.35. The van der Waals surface area contributed by atoms with Gasteiger partial charge in [0.2, 0.25) is 0 Å². The number of methoxy groups -OCH3 is 1. The SMILES string of the molecule is COc1cc2c(CC(=O)O)cn(CCO)c2cc1Cl. The summed E-state index contributed by atoms with van der Waals surface area (Å²) >= 11 is 6.07. The molecule has 1 aromatic heterocycles. The van der Waals surface area contributed by atoms with Gasteiger partial charge in [-0.05, 0) is 17.7 Å². The number of carbonyl (C=O) groups is 1. The molecule has 0 aliphatic rings. The maximum absolute atomic E-state index is 10.9. The zero-order chi connectivity index (χ0) is 14.0.